The normalized spacial score (nSPS) is 20.3. The lowest BCUT2D eigenvalue weighted by molar-refractivity contribution is -0.124. The zero-order valence-electron chi connectivity index (χ0n) is 18.9. The summed E-state index contributed by atoms with van der Waals surface area (Å²) >= 11 is 1.50. The van der Waals surface area contributed by atoms with Crippen LogP contribution in [0.15, 0.2) is 40.2 Å². The standard InChI is InChI=1S/C25H31N3O2S/c1-5-30-22-13-11-20(12-14-22)26-25-28(21-9-7-6-8-10-21)24(29)23(31-25)16-19-15-17(2)27(4)18(19)3/h11-16,21H,5-10H2,1-4H3. The maximum Gasteiger partial charge on any atom is 0.267 e. The van der Waals surface area contributed by atoms with Gasteiger partial charge in [-0.15, -0.1) is 0 Å². The number of thioether (sulfide) groups is 1. The van der Waals surface area contributed by atoms with E-state index in [1.54, 1.807) is 0 Å². The summed E-state index contributed by atoms with van der Waals surface area (Å²) in [6.45, 7) is 6.80. The first-order chi connectivity index (χ1) is 15.0. The highest BCUT2D eigenvalue weighted by Crippen LogP contribution is 2.39. The van der Waals surface area contributed by atoms with Gasteiger partial charge in [-0.05, 0) is 87.3 Å². The number of nitrogens with zero attached hydrogens (tertiary/aromatic N) is 3. The molecule has 2 heterocycles. The molecule has 0 bridgehead atoms. The molecule has 1 aliphatic heterocycles. The fraction of sp³-hybridized carbons (Fsp3) is 0.440. The third-order valence-corrected chi connectivity index (χ3v) is 7.23. The van der Waals surface area contributed by atoms with E-state index in [0.717, 1.165) is 39.9 Å². The summed E-state index contributed by atoms with van der Waals surface area (Å²) in [6.07, 6.45) is 7.72. The molecule has 4 rings (SSSR count). The van der Waals surface area contributed by atoms with Crippen molar-refractivity contribution in [2.75, 3.05) is 6.61 Å². The van der Waals surface area contributed by atoms with Crippen molar-refractivity contribution < 1.29 is 9.53 Å². The van der Waals surface area contributed by atoms with Crippen LogP contribution in [0.1, 0.15) is 56.0 Å². The lowest BCUT2D eigenvalue weighted by Crippen LogP contribution is -2.40. The van der Waals surface area contributed by atoms with Gasteiger partial charge in [-0.2, -0.15) is 0 Å². The number of amides is 1. The highest BCUT2D eigenvalue weighted by molar-refractivity contribution is 8.18. The van der Waals surface area contributed by atoms with Gasteiger partial charge in [-0.1, -0.05) is 19.3 Å². The number of aromatic nitrogens is 1. The quantitative estimate of drug-likeness (QED) is 0.541. The van der Waals surface area contributed by atoms with E-state index in [0.29, 0.717) is 6.61 Å². The summed E-state index contributed by atoms with van der Waals surface area (Å²) < 4.78 is 7.70. The molecule has 2 aromatic rings. The fourth-order valence-corrected chi connectivity index (χ4v) is 5.34. The molecule has 0 N–H and O–H groups in total. The zero-order chi connectivity index (χ0) is 22.0. The van der Waals surface area contributed by atoms with Crippen molar-refractivity contribution in [3.63, 3.8) is 0 Å². The fourth-order valence-electron chi connectivity index (χ4n) is 4.29. The zero-order valence-corrected chi connectivity index (χ0v) is 19.7. The Kier molecular flexibility index (Phi) is 6.56. The van der Waals surface area contributed by atoms with Gasteiger partial charge in [-0.3, -0.25) is 9.69 Å². The molecule has 1 saturated carbocycles. The summed E-state index contributed by atoms with van der Waals surface area (Å²) in [5, 5.41) is 0.789. The molecule has 1 aromatic heterocycles. The largest absolute Gasteiger partial charge is 0.494 e. The molecule has 2 fully saturated rings. The minimum Gasteiger partial charge on any atom is -0.494 e. The molecular formula is C25H31N3O2S. The molecule has 31 heavy (non-hydrogen) atoms. The number of benzene rings is 1. The highest BCUT2D eigenvalue weighted by atomic mass is 32.2. The Hall–Kier alpha value is -2.47. The molecule has 1 aromatic carbocycles. The average Bonchev–Trinajstić information content (AvgIpc) is 3.21. The smallest absolute Gasteiger partial charge is 0.267 e. The van der Waals surface area contributed by atoms with Crippen molar-refractivity contribution in [2.24, 2.45) is 12.0 Å². The van der Waals surface area contributed by atoms with Crippen LogP contribution in [0.5, 0.6) is 5.75 Å². The minimum absolute atomic E-state index is 0.0856. The van der Waals surface area contributed by atoms with Crippen LogP contribution in [-0.2, 0) is 11.8 Å². The van der Waals surface area contributed by atoms with Crippen molar-refractivity contribution in [2.45, 2.75) is 58.9 Å². The van der Waals surface area contributed by atoms with E-state index >= 15 is 0 Å². The number of amidine groups is 1. The molecule has 0 unspecified atom stereocenters. The third-order valence-electron chi connectivity index (χ3n) is 6.25. The number of aryl methyl sites for hydroxylation is 1. The molecule has 2 aliphatic rings. The summed E-state index contributed by atoms with van der Waals surface area (Å²) in [5.74, 6) is 0.920. The first kappa shape index (κ1) is 21.8. The van der Waals surface area contributed by atoms with Crippen LogP contribution in [-0.4, -0.2) is 33.2 Å². The monoisotopic (exact) mass is 437 g/mol. The van der Waals surface area contributed by atoms with Crippen molar-refractivity contribution in [3.05, 3.63) is 52.2 Å². The van der Waals surface area contributed by atoms with E-state index in [4.69, 9.17) is 9.73 Å². The Morgan fingerprint density at radius 2 is 1.87 bits per heavy atom. The molecule has 6 heteroatoms. The Morgan fingerprint density at radius 1 is 1.16 bits per heavy atom. The lowest BCUT2D eigenvalue weighted by Gasteiger charge is -2.30. The van der Waals surface area contributed by atoms with Crippen LogP contribution < -0.4 is 4.74 Å². The maximum absolute atomic E-state index is 13.5. The van der Waals surface area contributed by atoms with E-state index in [2.05, 4.69) is 31.5 Å². The number of rotatable bonds is 5. The van der Waals surface area contributed by atoms with Crippen LogP contribution in [0, 0.1) is 13.8 Å². The SMILES string of the molecule is CCOc1ccc(N=C2SC(=Cc3cc(C)n(C)c3C)C(=O)N2C2CCCCC2)cc1. The van der Waals surface area contributed by atoms with Gasteiger partial charge >= 0.3 is 0 Å². The lowest BCUT2D eigenvalue weighted by atomic mass is 9.94. The van der Waals surface area contributed by atoms with Gasteiger partial charge in [0.2, 0.25) is 0 Å². The van der Waals surface area contributed by atoms with Gasteiger partial charge < -0.3 is 9.30 Å². The first-order valence-electron chi connectivity index (χ1n) is 11.2. The van der Waals surface area contributed by atoms with E-state index < -0.39 is 0 Å². The van der Waals surface area contributed by atoms with Crippen LogP contribution in [0.4, 0.5) is 5.69 Å². The predicted octanol–water partition coefficient (Wildman–Crippen LogP) is 5.98. The van der Waals surface area contributed by atoms with Crippen molar-refractivity contribution in [1.82, 2.24) is 9.47 Å². The van der Waals surface area contributed by atoms with Gasteiger partial charge in [0, 0.05) is 24.5 Å². The van der Waals surface area contributed by atoms with Crippen LogP contribution >= 0.6 is 11.8 Å². The first-order valence-corrected chi connectivity index (χ1v) is 12.0. The van der Waals surface area contributed by atoms with Crippen LogP contribution in [0.3, 0.4) is 0 Å². The summed E-state index contributed by atoms with van der Waals surface area (Å²) in [4.78, 5) is 21.1. The molecule has 0 atom stereocenters. The molecule has 1 aliphatic carbocycles. The minimum atomic E-state index is 0.0856. The molecule has 0 spiro atoms. The maximum atomic E-state index is 13.5. The molecule has 1 saturated heterocycles. The van der Waals surface area contributed by atoms with Gasteiger partial charge in [0.15, 0.2) is 5.17 Å². The molecule has 1 amide bonds. The van der Waals surface area contributed by atoms with Crippen molar-refractivity contribution >= 4 is 34.6 Å². The third kappa shape index (κ3) is 4.59. The Bertz CT molecular complexity index is 1010. The average molecular weight is 438 g/mol. The van der Waals surface area contributed by atoms with E-state index in [1.807, 2.05) is 42.2 Å². The number of hydrogen-bond donors (Lipinski definition) is 0. The van der Waals surface area contributed by atoms with Crippen LogP contribution in [0.2, 0.25) is 0 Å². The number of ether oxygens (including phenoxy) is 1. The Morgan fingerprint density at radius 3 is 2.48 bits per heavy atom. The predicted molar refractivity (Wildman–Crippen MR) is 129 cm³/mol. The molecule has 0 radical (unpaired) electrons. The van der Waals surface area contributed by atoms with E-state index in [1.165, 1.54) is 42.4 Å². The summed E-state index contributed by atoms with van der Waals surface area (Å²) in [5.41, 5.74) is 4.29. The van der Waals surface area contributed by atoms with E-state index in [-0.39, 0.29) is 11.9 Å². The van der Waals surface area contributed by atoms with Gasteiger partial charge in [0.1, 0.15) is 5.75 Å². The number of aliphatic imine (C=N–C) groups is 1. The summed E-state index contributed by atoms with van der Waals surface area (Å²) in [6, 6.07) is 10.1. The topological polar surface area (TPSA) is 46.8 Å². The molecular weight excluding hydrogens is 406 g/mol. The molecule has 5 nitrogen and oxygen atoms in total. The van der Waals surface area contributed by atoms with Gasteiger partial charge in [0.05, 0.1) is 17.2 Å². The number of hydrogen-bond acceptors (Lipinski definition) is 4. The van der Waals surface area contributed by atoms with Gasteiger partial charge in [0.25, 0.3) is 5.91 Å². The van der Waals surface area contributed by atoms with Crippen molar-refractivity contribution in [3.8, 4) is 5.75 Å². The second-order valence-electron chi connectivity index (χ2n) is 8.28. The second-order valence-corrected chi connectivity index (χ2v) is 9.29. The molecule has 164 valence electrons. The number of carbonyl (C=O) groups excluding carboxylic acids is 1. The van der Waals surface area contributed by atoms with Gasteiger partial charge in [-0.25, -0.2) is 4.99 Å². The number of carbonyl (C=O) groups is 1. The Balaban J connectivity index is 1.68. The summed E-state index contributed by atoms with van der Waals surface area (Å²) in [7, 11) is 2.06. The van der Waals surface area contributed by atoms with Crippen molar-refractivity contribution in [1.29, 1.82) is 0 Å². The van der Waals surface area contributed by atoms with E-state index in [9.17, 15) is 4.79 Å². The Labute approximate surface area is 189 Å². The van der Waals surface area contributed by atoms with Crippen LogP contribution in [0.25, 0.3) is 6.08 Å². The second kappa shape index (κ2) is 9.35. The highest BCUT2D eigenvalue weighted by Gasteiger charge is 2.38.